The van der Waals surface area contributed by atoms with E-state index in [1.165, 1.54) is 72.8 Å². The number of halogens is 8. The second kappa shape index (κ2) is 37.4. The first-order chi connectivity index (χ1) is 62.4. The number of aromatic amines is 4. The SMILES string of the molecule is O=Cc1cn([C@@H]2O[C@](F)(COP3(=O)OCc4cc(Cl)ccc4O3)[C@@H](O)[C@H]2O)c(=O)[nH]c1=O.[2H]C([2H])(OP1(=O)OCc2cc(Cl)ccc2O1)[C@@]1(F)O[C@@H](n2cc(C=O)c(=O)[nH]c2=O)[C@H](O)[C@@H]1O.[2H]C([2H])(OP1(=O)OCc2cc(Cl)ccc2O1)[C@@]1(F)O[C@@]([2H])(n2cc(C=O)c(=O)[nH]c2=O)[C@H](O)[C@@H]1O.[2H][C@@]1(n2cc(C=O)c(=O)[nH]c2=O)O[C@](F)(COP2(=O)OCc3cc(Cl)ccc3O2)[C@@H](O)[C@H]1O. The quantitative estimate of drug-likeness (QED) is 0.0296. The van der Waals surface area contributed by atoms with Crippen molar-refractivity contribution in [3.8, 4) is 23.0 Å². The van der Waals surface area contributed by atoms with Crippen LogP contribution >= 0.6 is 77.7 Å². The molecule has 12 N–H and O–H groups in total. The van der Waals surface area contributed by atoms with Gasteiger partial charge in [0.1, 0.15) is 98.2 Å². The maximum absolute atomic E-state index is 15.8. The van der Waals surface area contributed by atoms with E-state index in [1.54, 1.807) is 19.9 Å². The average molecular weight is 1980 g/mol. The van der Waals surface area contributed by atoms with E-state index in [2.05, 4.69) is 13.8 Å². The zero-order valence-corrected chi connectivity index (χ0v) is 69.4. The Kier molecular flexibility index (Phi) is 25.6. The molecule has 0 spiro atoms. The number of aliphatic hydroxyl groups excluding tert-OH is 8. The number of phosphoric ester groups is 4. The van der Waals surface area contributed by atoms with Crippen LogP contribution in [0.4, 0.5) is 17.6 Å². The molecular weight excluding hydrogens is 1910 g/mol. The number of carbonyl (C=O) groups excluding carboxylic acids is 4. The summed E-state index contributed by atoms with van der Waals surface area (Å²) in [6.07, 6.45) is -27.6. The van der Waals surface area contributed by atoms with Crippen LogP contribution in [0.2, 0.25) is 20.1 Å². The van der Waals surface area contributed by atoms with Gasteiger partial charge in [0.25, 0.3) is 45.7 Å². The van der Waals surface area contributed by atoms with Gasteiger partial charge in [-0.25, -0.2) is 55.0 Å². The fourth-order valence-electron chi connectivity index (χ4n) is 11.9. The van der Waals surface area contributed by atoms with E-state index >= 15 is 17.6 Å². The van der Waals surface area contributed by atoms with Gasteiger partial charge < -0.3 is 77.9 Å². The summed E-state index contributed by atoms with van der Waals surface area (Å²) in [6.45, 7) is -11.6. The molecule has 60 heteroatoms. The molecule has 4 fully saturated rings. The average Bonchev–Trinajstić information content (AvgIpc) is 1.56. The Hall–Kier alpha value is -9.52. The summed E-state index contributed by atoms with van der Waals surface area (Å²) < 4.78 is 242. The van der Waals surface area contributed by atoms with Crippen molar-refractivity contribution in [2.45, 2.75) is 124 Å². The number of benzene rings is 4. The summed E-state index contributed by atoms with van der Waals surface area (Å²) in [7, 11) is -18.5. The highest BCUT2D eigenvalue weighted by Gasteiger charge is 2.62. The van der Waals surface area contributed by atoms with E-state index in [9.17, 15) is 117 Å². The molecule has 4 unspecified atom stereocenters. The molecule has 0 aliphatic carbocycles. The molecule has 20 atom stereocenters. The normalized spacial score (nSPS) is 33.8. The van der Waals surface area contributed by atoms with Crippen molar-refractivity contribution in [1.29, 1.82) is 0 Å². The lowest BCUT2D eigenvalue weighted by Crippen LogP contribution is -2.43. The van der Waals surface area contributed by atoms with Crippen LogP contribution in [0.1, 0.15) is 96.8 Å². The molecule has 8 aliphatic rings. The lowest BCUT2D eigenvalue weighted by molar-refractivity contribution is -0.205. The second-order valence-electron chi connectivity index (χ2n) is 27.0. The van der Waals surface area contributed by atoms with E-state index < -0.39 is 235 Å². The van der Waals surface area contributed by atoms with Gasteiger partial charge in [0.2, 0.25) is 0 Å². The monoisotopic (exact) mass is 1970 g/mol. The van der Waals surface area contributed by atoms with Gasteiger partial charge >= 0.3 is 54.0 Å². The second-order valence-corrected chi connectivity index (χ2v) is 35.0. The van der Waals surface area contributed by atoms with Gasteiger partial charge in [0.05, 0.1) is 56.9 Å². The van der Waals surface area contributed by atoms with E-state index in [0.717, 1.165) is 6.20 Å². The molecule has 8 aliphatic heterocycles. The van der Waals surface area contributed by atoms with Gasteiger partial charge in [-0.15, -0.1) is 0 Å². The van der Waals surface area contributed by atoms with Crippen molar-refractivity contribution in [2.24, 2.45) is 0 Å². The number of aromatic nitrogens is 8. The molecule has 0 radical (unpaired) electrons. The molecule has 0 saturated carbocycles. The van der Waals surface area contributed by atoms with Crippen LogP contribution in [0.25, 0.3) is 0 Å². The Morgan fingerprint density at radius 1 is 0.391 bits per heavy atom. The van der Waals surface area contributed by atoms with Gasteiger partial charge in [-0.2, -0.15) is 0 Å². The molecule has 688 valence electrons. The third-order valence-electron chi connectivity index (χ3n) is 18.5. The summed E-state index contributed by atoms with van der Waals surface area (Å²) in [5, 5.41) is 83.3. The number of hydrogen-bond acceptors (Lipinski definition) is 40. The van der Waals surface area contributed by atoms with Crippen LogP contribution in [0.3, 0.4) is 0 Å². The van der Waals surface area contributed by atoms with Crippen molar-refractivity contribution in [3.05, 3.63) is 246 Å². The lowest BCUT2D eigenvalue weighted by atomic mass is 10.1. The molecule has 12 heterocycles. The zero-order valence-electron chi connectivity index (χ0n) is 68.8. The number of aliphatic hydroxyl groups is 8. The van der Waals surface area contributed by atoms with E-state index in [0.29, 0.717) is 65.0 Å². The highest BCUT2D eigenvalue weighted by atomic mass is 35.5. The third kappa shape index (κ3) is 20.0. The molecule has 4 saturated heterocycles. The largest absolute Gasteiger partial charge is 0.530 e. The first-order valence-corrected chi connectivity index (χ1v) is 42.6. The van der Waals surface area contributed by atoms with Crippen LogP contribution in [-0.4, -0.2) is 203 Å². The molecule has 0 amide bonds. The van der Waals surface area contributed by atoms with Gasteiger partial charge in [-0.1, -0.05) is 46.4 Å². The summed E-state index contributed by atoms with van der Waals surface area (Å²) in [4.78, 5) is 145. The molecule has 4 aromatic carbocycles. The number of rotatable bonds is 20. The number of alkyl halides is 4. The van der Waals surface area contributed by atoms with Crippen LogP contribution in [-0.2, 0) is 99.8 Å². The maximum Gasteiger partial charge on any atom is 0.530 e. The first kappa shape index (κ1) is 87.8. The summed E-state index contributed by atoms with van der Waals surface area (Å²) in [5.41, 5.74) is -10.5. The van der Waals surface area contributed by atoms with Gasteiger partial charge in [-0.05, 0) is 72.8 Å². The number of nitrogens with one attached hydrogen (secondary N) is 4. The predicted molar refractivity (Wildman–Crippen MR) is 412 cm³/mol. The lowest BCUT2D eigenvalue weighted by Gasteiger charge is -2.28. The molecule has 0 bridgehead atoms. The van der Waals surface area contributed by atoms with E-state index in [4.69, 9.17) is 114 Å². The smallest absolute Gasteiger partial charge is 0.404 e. The molecule has 16 rings (SSSR count). The predicted octanol–water partition coefficient (Wildman–Crippen LogP) is 2.61. The Bertz CT molecular complexity index is 6800. The van der Waals surface area contributed by atoms with Crippen LogP contribution in [0, 0.1) is 0 Å². The van der Waals surface area contributed by atoms with Crippen molar-refractivity contribution in [2.75, 3.05) is 26.3 Å². The van der Waals surface area contributed by atoms with Gasteiger partial charge in [0, 0.05) is 67.1 Å². The van der Waals surface area contributed by atoms with Gasteiger partial charge in [0.15, 0.2) is 50.0 Å². The van der Waals surface area contributed by atoms with Gasteiger partial charge in [-0.3, -0.25) is 113 Å². The Morgan fingerprint density at radius 3 is 0.945 bits per heavy atom. The Morgan fingerprint density at radius 2 is 0.633 bits per heavy atom. The molecule has 4 aromatic heterocycles. The molecular formula is C68H60Cl4F4N8O40P4. The molecule has 8 aromatic rings. The number of H-pyrrole nitrogens is 4. The fraction of sp³-hybridized carbons (Fsp3) is 0.353. The molecule has 48 nitrogen and oxygen atoms in total. The summed E-state index contributed by atoms with van der Waals surface area (Å²) in [6, 6.07) is 16.8. The number of nitrogens with zero attached hydrogens (tertiary/aromatic N) is 4. The first-order valence-electron chi connectivity index (χ1n) is 38.2. The van der Waals surface area contributed by atoms with E-state index in [1.807, 2.05) is 0 Å². The number of fused-ring (bicyclic) bond motifs is 4. The van der Waals surface area contributed by atoms with Crippen molar-refractivity contribution in [1.82, 2.24) is 38.2 Å². The summed E-state index contributed by atoms with van der Waals surface area (Å²) in [5.74, 6) is -14.6. The van der Waals surface area contributed by atoms with Crippen LogP contribution in [0.15, 0.2) is 136 Å². The highest BCUT2D eigenvalue weighted by Crippen LogP contribution is 2.60. The maximum atomic E-state index is 15.8. The minimum Gasteiger partial charge on any atom is -0.404 e. The van der Waals surface area contributed by atoms with Crippen molar-refractivity contribution < 1.29 is 177 Å². The van der Waals surface area contributed by atoms with Crippen LogP contribution < -0.4 is 63.1 Å². The zero-order chi connectivity index (χ0) is 98.5. The topological polar surface area (TPSA) is 666 Å². The highest BCUT2D eigenvalue weighted by molar-refractivity contribution is 7.49. The fourth-order valence-corrected chi connectivity index (χ4v) is 17.4. The van der Waals surface area contributed by atoms with Crippen LogP contribution in [0.5, 0.6) is 23.0 Å². The minimum atomic E-state index is -4.92. The Labute approximate surface area is 733 Å². The minimum absolute atomic E-state index is 0.0184. The van der Waals surface area contributed by atoms with Crippen molar-refractivity contribution in [3.63, 3.8) is 0 Å². The number of carbonyl (C=O) groups is 4. The number of aldehydes is 4. The molecule has 128 heavy (non-hydrogen) atoms. The number of ether oxygens (including phenoxy) is 4. The number of hydrogen-bond donors (Lipinski definition) is 12. The third-order valence-corrected chi connectivity index (χ3v) is 24.4. The number of phosphoric acid groups is 4. The standard InChI is InChI=1S/4C17H15ClFN2O10P/c4*18-10-1-2-11-8(3-10)6-28-32(27,31-11)29-7-17(19)13(24)12(23)15(30-17)21-4-9(5-22)14(25)20-16(21)26/h4*1-5,12-13,15,23-24H,6-7H2,(H,20,25,26)/t4*12-,13+,15-,17-,32?/m1111/s1/i7D2,15D;15D;7D2;. The summed E-state index contributed by atoms with van der Waals surface area (Å²) >= 11 is 23.4. The van der Waals surface area contributed by atoms with Crippen molar-refractivity contribution >= 4 is 103 Å². The van der Waals surface area contributed by atoms with E-state index in [-0.39, 0.29) is 75.5 Å². The Balaban J connectivity index is 0.000000152.